The van der Waals surface area contributed by atoms with E-state index in [-0.39, 0.29) is 17.5 Å². The number of nitrogens with zero attached hydrogens (tertiary/aromatic N) is 2. The van der Waals surface area contributed by atoms with Gasteiger partial charge in [0.1, 0.15) is 34.2 Å². The molecule has 0 spiro atoms. The van der Waals surface area contributed by atoms with Crippen molar-refractivity contribution in [2.75, 3.05) is 13.7 Å². The Morgan fingerprint density at radius 3 is 2.61 bits per heavy atom. The summed E-state index contributed by atoms with van der Waals surface area (Å²) >= 11 is 1.30. The Morgan fingerprint density at radius 1 is 1.07 bits per heavy atom. The lowest BCUT2D eigenvalue weighted by Gasteiger charge is -2.25. The maximum absolute atomic E-state index is 13.4. The molecule has 0 radical (unpaired) electrons. The van der Waals surface area contributed by atoms with Crippen LogP contribution in [0.2, 0.25) is 0 Å². The summed E-state index contributed by atoms with van der Waals surface area (Å²) in [6, 6.07) is 10.5. The van der Waals surface area contributed by atoms with Crippen molar-refractivity contribution in [3.8, 4) is 5.75 Å². The Labute approximate surface area is 242 Å². The van der Waals surface area contributed by atoms with E-state index in [9.17, 15) is 19.2 Å². The molecular weight excluding hydrogens is 544 g/mol. The van der Waals surface area contributed by atoms with Crippen LogP contribution in [0, 0.1) is 0 Å². The van der Waals surface area contributed by atoms with Gasteiger partial charge in [-0.2, -0.15) is 0 Å². The van der Waals surface area contributed by atoms with Crippen LogP contribution in [0.3, 0.4) is 0 Å². The zero-order valence-electron chi connectivity index (χ0n) is 23.0. The lowest BCUT2D eigenvalue weighted by Crippen LogP contribution is -2.54. The predicted octanol–water partition coefficient (Wildman–Crippen LogP) is 2.55. The summed E-state index contributed by atoms with van der Waals surface area (Å²) in [5.41, 5.74) is 1.38. The van der Waals surface area contributed by atoms with Gasteiger partial charge in [-0.3, -0.25) is 24.2 Å². The average Bonchev–Trinajstić information content (AvgIpc) is 3.49. The number of rotatable bonds is 6. The van der Waals surface area contributed by atoms with Crippen molar-refractivity contribution in [3.05, 3.63) is 76.0 Å². The monoisotopic (exact) mass is 578 g/mol. The van der Waals surface area contributed by atoms with Crippen molar-refractivity contribution < 1.29 is 23.9 Å². The van der Waals surface area contributed by atoms with E-state index < -0.39 is 29.9 Å². The molecule has 1 aromatic carbocycles. The fourth-order valence-corrected chi connectivity index (χ4v) is 5.28. The number of hydrogen-bond donors (Lipinski definition) is 4. The summed E-state index contributed by atoms with van der Waals surface area (Å²) in [4.78, 5) is 61.2. The summed E-state index contributed by atoms with van der Waals surface area (Å²) < 4.78 is 5.17. The quantitative estimate of drug-likeness (QED) is 0.351. The highest BCUT2D eigenvalue weighted by molar-refractivity contribution is 7.09. The molecule has 4 N–H and O–H groups in total. The number of fused-ring (bicyclic) bond motifs is 2. The van der Waals surface area contributed by atoms with Crippen LogP contribution in [-0.4, -0.2) is 59.3 Å². The number of hydrogen-bond acceptors (Lipinski definition) is 8. The third-order valence-corrected chi connectivity index (χ3v) is 7.68. The standard InChI is InChI=1S/C29H34N6O5S/c1-3-20-26(37)34-23(15-18-9-5-4-6-10-18)29-35-24(17-41-29)25(36)31-13-8-7-11-21(27(38)32-20)33-28(39)22-16-19(40-2)12-14-30-22/h4-6,9-10,12,14,16-17,20-21,23H,3,7-8,11,13,15H2,1-2H3,(H,31,36)(H,32,38)(H,33,39)(H,34,37)/t20-,21+,23+/m1/s1. The molecular formula is C29H34N6O5S. The number of carbonyl (C=O) groups is 4. The van der Waals surface area contributed by atoms with Crippen LogP contribution in [0.5, 0.6) is 5.75 Å². The summed E-state index contributed by atoms with van der Waals surface area (Å²) in [5.74, 6) is -1.23. The van der Waals surface area contributed by atoms with E-state index in [1.807, 2.05) is 30.3 Å². The third kappa shape index (κ3) is 8.10. The first-order chi connectivity index (χ1) is 19.9. The molecule has 4 amide bonds. The number of amides is 4. The van der Waals surface area contributed by atoms with E-state index in [0.717, 1.165) is 5.56 Å². The van der Waals surface area contributed by atoms with Gasteiger partial charge in [0, 0.05) is 24.2 Å². The number of ether oxygens (including phenoxy) is 1. The third-order valence-electron chi connectivity index (χ3n) is 6.72. The van der Waals surface area contributed by atoms with E-state index in [0.29, 0.717) is 55.1 Å². The fourth-order valence-electron chi connectivity index (χ4n) is 4.43. The van der Waals surface area contributed by atoms with Crippen molar-refractivity contribution in [1.29, 1.82) is 0 Å². The van der Waals surface area contributed by atoms with Crippen LogP contribution >= 0.6 is 11.3 Å². The van der Waals surface area contributed by atoms with E-state index in [2.05, 4.69) is 31.2 Å². The highest BCUT2D eigenvalue weighted by Crippen LogP contribution is 2.23. The molecule has 2 bridgehead atoms. The first-order valence-electron chi connectivity index (χ1n) is 13.6. The number of methoxy groups -OCH3 is 1. The van der Waals surface area contributed by atoms with Crippen LogP contribution in [-0.2, 0) is 16.0 Å². The average molecular weight is 579 g/mol. The zero-order chi connectivity index (χ0) is 29.2. The molecule has 12 heteroatoms. The molecule has 0 aliphatic carbocycles. The molecule has 0 unspecified atom stereocenters. The Hall–Kier alpha value is -4.32. The molecule has 216 valence electrons. The number of thiazole rings is 1. The number of benzene rings is 1. The molecule has 1 aliphatic rings. The number of carbonyl (C=O) groups excluding carboxylic acids is 4. The molecule has 0 saturated carbocycles. The van der Waals surface area contributed by atoms with Crippen molar-refractivity contribution in [3.63, 3.8) is 0 Å². The van der Waals surface area contributed by atoms with Crippen molar-refractivity contribution in [1.82, 2.24) is 31.2 Å². The van der Waals surface area contributed by atoms with Gasteiger partial charge in [-0.1, -0.05) is 37.3 Å². The molecule has 41 heavy (non-hydrogen) atoms. The fraction of sp³-hybridized carbons (Fsp3) is 0.379. The first-order valence-corrected chi connectivity index (χ1v) is 14.4. The van der Waals surface area contributed by atoms with E-state index in [4.69, 9.17) is 4.74 Å². The van der Waals surface area contributed by atoms with Gasteiger partial charge in [-0.25, -0.2) is 4.98 Å². The number of nitrogens with one attached hydrogen (secondary N) is 4. The van der Waals surface area contributed by atoms with Crippen LogP contribution < -0.4 is 26.0 Å². The smallest absolute Gasteiger partial charge is 0.270 e. The Bertz CT molecular complexity index is 1360. The SMILES string of the molecule is CC[C@H]1NC(=O)[C@@H](NC(=O)c2cc(OC)ccn2)CCCCNC(=O)c2csc(n2)[C@H](Cc2ccccc2)NC1=O. The number of aromatic nitrogens is 2. The van der Waals surface area contributed by atoms with Crippen LogP contribution in [0.15, 0.2) is 54.0 Å². The van der Waals surface area contributed by atoms with Gasteiger partial charge in [-0.15, -0.1) is 11.3 Å². The second kappa shape index (κ2) is 14.4. The summed E-state index contributed by atoms with van der Waals surface area (Å²) in [6.45, 7) is 2.18. The second-order valence-electron chi connectivity index (χ2n) is 9.65. The minimum Gasteiger partial charge on any atom is -0.497 e. The Kier molecular flexibility index (Phi) is 10.4. The summed E-state index contributed by atoms with van der Waals surface area (Å²) in [7, 11) is 1.48. The maximum Gasteiger partial charge on any atom is 0.270 e. The topological polar surface area (TPSA) is 151 Å². The first kappa shape index (κ1) is 29.7. The normalized spacial score (nSPS) is 20.3. The molecule has 0 fully saturated rings. The predicted molar refractivity (Wildman–Crippen MR) is 154 cm³/mol. The number of pyridine rings is 1. The van der Waals surface area contributed by atoms with Gasteiger partial charge in [0.05, 0.1) is 13.2 Å². The van der Waals surface area contributed by atoms with E-state index >= 15 is 0 Å². The molecule has 2 aromatic heterocycles. The van der Waals surface area contributed by atoms with Crippen molar-refractivity contribution in [2.45, 2.75) is 57.2 Å². The molecule has 0 saturated heterocycles. The van der Waals surface area contributed by atoms with E-state index in [1.54, 1.807) is 18.4 Å². The highest BCUT2D eigenvalue weighted by Gasteiger charge is 2.29. The van der Waals surface area contributed by atoms with Gasteiger partial charge < -0.3 is 26.0 Å². The Balaban J connectivity index is 1.56. The van der Waals surface area contributed by atoms with Crippen LogP contribution in [0.4, 0.5) is 0 Å². The van der Waals surface area contributed by atoms with Gasteiger partial charge in [0.2, 0.25) is 11.8 Å². The lowest BCUT2D eigenvalue weighted by molar-refractivity contribution is -0.130. The zero-order valence-corrected chi connectivity index (χ0v) is 23.8. The minimum absolute atomic E-state index is 0.104. The largest absolute Gasteiger partial charge is 0.497 e. The second-order valence-corrected chi connectivity index (χ2v) is 10.5. The summed E-state index contributed by atoms with van der Waals surface area (Å²) in [5, 5.41) is 13.7. The molecule has 1 aliphatic heterocycles. The Morgan fingerprint density at radius 2 is 1.85 bits per heavy atom. The van der Waals surface area contributed by atoms with Gasteiger partial charge in [-0.05, 0) is 43.7 Å². The van der Waals surface area contributed by atoms with Gasteiger partial charge >= 0.3 is 0 Å². The molecule has 3 aromatic rings. The lowest BCUT2D eigenvalue weighted by atomic mass is 10.0. The van der Waals surface area contributed by atoms with E-state index in [1.165, 1.54) is 30.7 Å². The summed E-state index contributed by atoms with van der Waals surface area (Å²) in [6.07, 6.45) is 3.65. The highest BCUT2D eigenvalue weighted by atomic mass is 32.1. The van der Waals surface area contributed by atoms with Crippen molar-refractivity contribution >= 4 is 35.0 Å². The maximum atomic E-state index is 13.4. The van der Waals surface area contributed by atoms with Crippen LogP contribution in [0.1, 0.15) is 70.2 Å². The minimum atomic E-state index is -0.917. The molecule has 3 atom stereocenters. The van der Waals surface area contributed by atoms with Gasteiger partial charge in [0.15, 0.2) is 0 Å². The van der Waals surface area contributed by atoms with Crippen molar-refractivity contribution in [2.24, 2.45) is 0 Å². The van der Waals surface area contributed by atoms with Crippen LogP contribution in [0.25, 0.3) is 0 Å². The van der Waals surface area contributed by atoms with Gasteiger partial charge in [0.25, 0.3) is 11.8 Å². The molecule has 3 heterocycles. The molecule has 4 rings (SSSR count). The molecule has 11 nitrogen and oxygen atoms in total.